The minimum Gasteiger partial charge on any atom is -0.490 e. The molecule has 1 amide bonds. The summed E-state index contributed by atoms with van der Waals surface area (Å²) in [5.74, 6) is -4.09. The number of ether oxygens (including phenoxy) is 1. The van der Waals surface area contributed by atoms with Crippen LogP contribution in [0.1, 0.15) is 56.9 Å². The third-order valence-corrected chi connectivity index (χ3v) is 12.0. The average Bonchev–Trinajstić information content (AvgIpc) is 3.66. The van der Waals surface area contributed by atoms with E-state index in [2.05, 4.69) is 20.7 Å². The van der Waals surface area contributed by atoms with Gasteiger partial charge in [-0.2, -0.15) is 13.5 Å². The number of carbonyl (C=O) groups is 1. The van der Waals surface area contributed by atoms with Crippen LogP contribution in [0.15, 0.2) is 57.2 Å². The first-order chi connectivity index (χ1) is 19.5. The number of nitrogens with one attached hydrogen (secondary N) is 1. The summed E-state index contributed by atoms with van der Waals surface area (Å²) in [5.41, 5.74) is 5.70. The van der Waals surface area contributed by atoms with Gasteiger partial charge in [-0.25, -0.2) is 8.42 Å². The monoisotopic (exact) mass is 667 g/mol. The predicted octanol–water partition coefficient (Wildman–Crippen LogP) is 5.90. The lowest BCUT2D eigenvalue weighted by molar-refractivity contribution is -0.149. The van der Waals surface area contributed by atoms with Gasteiger partial charge in [-0.15, -0.1) is 11.3 Å². The zero-order valence-corrected chi connectivity index (χ0v) is 25.5. The van der Waals surface area contributed by atoms with Crippen molar-refractivity contribution in [3.05, 3.63) is 58.6 Å². The molecule has 1 saturated carbocycles. The van der Waals surface area contributed by atoms with Crippen molar-refractivity contribution in [2.24, 2.45) is 5.73 Å². The highest BCUT2D eigenvalue weighted by molar-refractivity contribution is 9.10. The van der Waals surface area contributed by atoms with Crippen molar-refractivity contribution in [2.45, 2.75) is 91.8 Å². The summed E-state index contributed by atoms with van der Waals surface area (Å²) in [7, 11) is -4.50. The molecule has 2 aromatic carbocycles. The fraction of sp³-hybridized carbons (Fsp3) is 0.483. The van der Waals surface area contributed by atoms with Gasteiger partial charge in [0.2, 0.25) is 5.91 Å². The predicted molar refractivity (Wildman–Crippen MR) is 158 cm³/mol. The summed E-state index contributed by atoms with van der Waals surface area (Å²) in [6, 6.07) is 9.08. The fourth-order valence-electron chi connectivity index (χ4n) is 6.45. The summed E-state index contributed by atoms with van der Waals surface area (Å²) in [6.45, 7) is 0. The van der Waals surface area contributed by atoms with Gasteiger partial charge in [-0.3, -0.25) is 4.79 Å². The number of carbonyl (C=O) groups excluding carboxylic acids is 1. The van der Waals surface area contributed by atoms with E-state index in [0.717, 1.165) is 37.0 Å². The molecule has 2 saturated heterocycles. The molecule has 1 aliphatic carbocycles. The quantitative estimate of drug-likeness (QED) is 0.311. The number of sulfonamides is 1. The molecular weight excluding hydrogens is 636 g/mol. The molecule has 3 aromatic rings. The number of benzene rings is 2. The molecule has 7 nitrogen and oxygen atoms in total. The molecule has 3 atom stereocenters. The van der Waals surface area contributed by atoms with Crippen LogP contribution in [0.25, 0.3) is 10.1 Å². The van der Waals surface area contributed by atoms with Crippen LogP contribution in [0.4, 0.5) is 8.78 Å². The first-order valence-corrected chi connectivity index (χ1v) is 17.0. The number of amides is 1. The SMILES string of the molecule is NC1CC2CCC(C1)N2C(=O)[C@@H](NS(=O)(=O)c1cc2ccc(OC3CCCC3)cc2s1)C(F)(F)c1ccc(Br)cc1. The number of fused-ring (bicyclic) bond motifs is 3. The van der Waals surface area contributed by atoms with Crippen molar-refractivity contribution in [3.63, 3.8) is 0 Å². The highest BCUT2D eigenvalue weighted by Gasteiger charge is 2.53. The lowest BCUT2D eigenvalue weighted by atomic mass is 9.95. The van der Waals surface area contributed by atoms with Crippen LogP contribution in [-0.2, 0) is 20.7 Å². The maximum atomic E-state index is 16.2. The van der Waals surface area contributed by atoms with Crippen molar-refractivity contribution < 1.29 is 26.7 Å². The minimum absolute atomic E-state index is 0.111. The molecule has 41 heavy (non-hydrogen) atoms. The van der Waals surface area contributed by atoms with Crippen molar-refractivity contribution in [1.29, 1.82) is 0 Å². The molecule has 2 bridgehead atoms. The second-order valence-corrected chi connectivity index (χ2v) is 15.3. The van der Waals surface area contributed by atoms with E-state index in [1.165, 1.54) is 35.2 Å². The minimum atomic E-state index is -4.50. The Kier molecular flexibility index (Phi) is 7.90. The summed E-state index contributed by atoms with van der Waals surface area (Å²) < 4.78 is 69.0. The topological polar surface area (TPSA) is 102 Å². The van der Waals surface area contributed by atoms with Crippen LogP contribution in [0.5, 0.6) is 5.75 Å². The molecule has 3 aliphatic rings. The van der Waals surface area contributed by atoms with E-state index in [-0.39, 0.29) is 28.4 Å². The number of nitrogens with two attached hydrogens (primary N) is 1. The zero-order valence-electron chi connectivity index (χ0n) is 22.3. The van der Waals surface area contributed by atoms with Crippen LogP contribution in [0.3, 0.4) is 0 Å². The molecule has 12 heteroatoms. The Balaban J connectivity index is 1.32. The number of rotatable bonds is 8. The molecule has 3 N–H and O–H groups in total. The zero-order chi connectivity index (χ0) is 28.9. The average molecular weight is 669 g/mol. The summed E-state index contributed by atoms with van der Waals surface area (Å²) in [4.78, 5) is 15.4. The lowest BCUT2D eigenvalue weighted by Crippen LogP contribution is -2.60. The molecule has 0 spiro atoms. The van der Waals surface area contributed by atoms with E-state index < -0.39 is 33.5 Å². The lowest BCUT2D eigenvalue weighted by Gasteiger charge is -2.40. The normalized spacial score (nSPS) is 24.2. The number of nitrogens with zero attached hydrogens (tertiary/aromatic N) is 1. The Hall–Kier alpha value is -2.12. The smallest absolute Gasteiger partial charge is 0.298 e. The fourth-order valence-corrected chi connectivity index (χ4v) is 9.35. The van der Waals surface area contributed by atoms with E-state index in [0.29, 0.717) is 46.0 Å². The first-order valence-electron chi connectivity index (χ1n) is 14.0. The third-order valence-electron chi connectivity index (χ3n) is 8.47. The summed E-state index contributed by atoms with van der Waals surface area (Å²) in [5, 5.41) is 0.653. The van der Waals surface area contributed by atoms with E-state index in [1.807, 2.05) is 0 Å². The van der Waals surface area contributed by atoms with Crippen molar-refractivity contribution >= 4 is 53.3 Å². The Labute approximate surface area is 250 Å². The number of hydrogen-bond acceptors (Lipinski definition) is 6. The molecule has 1 aromatic heterocycles. The van der Waals surface area contributed by atoms with Gasteiger partial charge < -0.3 is 15.4 Å². The van der Waals surface area contributed by atoms with Gasteiger partial charge in [-0.1, -0.05) is 28.1 Å². The number of piperidine rings is 1. The number of thiophene rings is 1. The highest BCUT2D eigenvalue weighted by atomic mass is 79.9. The Morgan fingerprint density at radius 1 is 1.05 bits per heavy atom. The number of hydrogen-bond donors (Lipinski definition) is 2. The van der Waals surface area contributed by atoms with Crippen molar-refractivity contribution in [1.82, 2.24) is 9.62 Å². The molecule has 3 fully saturated rings. The molecule has 3 heterocycles. The van der Waals surface area contributed by atoms with Gasteiger partial charge in [0.25, 0.3) is 15.9 Å². The Morgan fingerprint density at radius 3 is 2.37 bits per heavy atom. The molecule has 2 unspecified atom stereocenters. The van der Waals surface area contributed by atoms with Crippen LogP contribution in [0.2, 0.25) is 0 Å². The van der Waals surface area contributed by atoms with Gasteiger partial charge >= 0.3 is 0 Å². The Morgan fingerprint density at radius 2 is 1.71 bits per heavy atom. The first kappa shape index (κ1) is 29.0. The summed E-state index contributed by atoms with van der Waals surface area (Å²) >= 11 is 4.21. The number of halogens is 3. The van der Waals surface area contributed by atoms with Crippen LogP contribution >= 0.6 is 27.3 Å². The maximum Gasteiger partial charge on any atom is 0.298 e. The number of alkyl halides is 2. The van der Waals surface area contributed by atoms with E-state index in [9.17, 15) is 13.2 Å². The maximum absolute atomic E-state index is 16.2. The van der Waals surface area contributed by atoms with E-state index in [1.54, 1.807) is 18.2 Å². The second kappa shape index (κ2) is 11.2. The van der Waals surface area contributed by atoms with Crippen LogP contribution in [0, 0.1) is 0 Å². The molecule has 0 radical (unpaired) electrons. The molecule has 220 valence electrons. The Bertz CT molecular complexity index is 1530. The van der Waals surface area contributed by atoms with Gasteiger partial charge in [0.05, 0.1) is 6.10 Å². The summed E-state index contributed by atoms with van der Waals surface area (Å²) in [6.07, 6.45) is 6.69. The highest BCUT2D eigenvalue weighted by Crippen LogP contribution is 2.41. The van der Waals surface area contributed by atoms with Gasteiger partial charge in [0, 0.05) is 32.9 Å². The van der Waals surface area contributed by atoms with E-state index in [4.69, 9.17) is 10.5 Å². The van der Waals surface area contributed by atoms with E-state index >= 15 is 8.78 Å². The molecule has 6 rings (SSSR count). The van der Waals surface area contributed by atoms with Crippen molar-refractivity contribution in [2.75, 3.05) is 0 Å². The van der Waals surface area contributed by atoms with Gasteiger partial charge in [-0.05, 0) is 93.2 Å². The van der Waals surface area contributed by atoms with Gasteiger partial charge in [0.1, 0.15) is 9.96 Å². The van der Waals surface area contributed by atoms with Crippen molar-refractivity contribution in [3.8, 4) is 5.75 Å². The van der Waals surface area contributed by atoms with Crippen LogP contribution < -0.4 is 15.2 Å². The molecule has 2 aliphatic heterocycles. The third kappa shape index (κ3) is 5.78. The standard InChI is InChI=1S/C29H32BrF2N3O4S2/c30-19-8-6-18(7-9-19)29(31,32)27(28(36)35-21-10-11-22(35)15-20(33)14-21)34-41(37,38)26-13-17-5-12-24(16-25(17)40-26)39-23-3-1-2-4-23/h5-9,12-13,16,20-23,27,34H,1-4,10-11,14-15,33H2/t20?,21?,22?,27-/m1/s1. The van der Waals surface area contributed by atoms with Crippen LogP contribution in [-0.4, -0.2) is 49.5 Å². The largest absolute Gasteiger partial charge is 0.490 e. The molecular formula is C29H32BrF2N3O4S2. The second-order valence-electron chi connectivity index (χ2n) is 11.3. The van der Waals surface area contributed by atoms with Gasteiger partial charge in [0.15, 0.2) is 6.04 Å².